The van der Waals surface area contributed by atoms with Gasteiger partial charge < -0.3 is 21.4 Å². The van der Waals surface area contributed by atoms with E-state index in [1.807, 2.05) is 18.2 Å². The zero-order valence-corrected chi connectivity index (χ0v) is 15.2. The summed E-state index contributed by atoms with van der Waals surface area (Å²) in [7, 11) is 1.70. The van der Waals surface area contributed by atoms with Gasteiger partial charge in [0.2, 0.25) is 5.95 Å². The van der Waals surface area contributed by atoms with E-state index in [-0.39, 0.29) is 5.78 Å². The number of anilines is 4. The molecule has 27 heavy (non-hydrogen) atoms. The summed E-state index contributed by atoms with van der Waals surface area (Å²) in [6.07, 6.45) is 5.60. The van der Waals surface area contributed by atoms with Gasteiger partial charge in [0, 0.05) is 48.0 Å². The maximum absolute atomic E-state index is 11.9. The molecule has 1 saturated carbocycles. The number of fused-ring (bicyclic) bond motifs is 1. The number of Topliss-reactive ketones (excluding diaryl/α,β-unsaturated/α-hetero) is 1. The highest BCUT2D eigenvalue weighted by Crippen LogP contribution is 2.31. The highest BCUT2D eigenvalue weighted by molar-refractivity contribution is 6.10. The van der Waals surface area contributed by atoms with Gasteiger partial charge in [0.05, 0.1) is 5.39 Å². The Bertz CT molecular complexity index is 1050. The van der Waals surface area contributed by atoms with Crippen molar-refractivity contribution in [2.45, 2.75) is 25.8 Å². The molecule has 0 saturated heterocycles. The molecular weight excluding hydrogens is 342 g/mol. The number of hydrogen-bond acceptors (Lipinski definition) is 7. The Balaban J connectivity index is 1.71. The number of carbonyl (C=O) groups excluding carboxylic acids is 1. The van der Waals surface area contributed by atoms with Gasteiger partial charge in [-0.1, -0.05) is 0 Å². The first-order valence-corrected chi connectivity index (χ1v) is 8.80. The standard InChI is InChI=1S/C19H21N7O/c1-10(27)14-9-22-17-16(14)18(23-12-5-6-12)26-19(25-17)24-13-4-3-11(8-21-2)15(20)7-13/h3-4,7-9,12H,5-6,20H2,1-2H3,(H3,22,23,24,25,26)/b21-8-. The molecule has 2 heterocycles. The Hall–Kier alpha value is -3.42. The number of ketones is 1. The van der Waals surface area contributed by atoms with Gasteiger partial charge >= 0.3 is 0 Å². The SMILES string of the molecule is C/N=C\c1ccc(Nc2nc(NC3CC3)c3c(C(C)=O)c[nH]c3n2)cc1N. The third kappa shape index (κ3) is 3.46. The average Bonchev–Trinajstić information content (AvgIpc) is 3.32. The van der Waals surface area contributed by atoms with Crippen LogP contribution in [0.2, 0.25) is 0 Å². The van der Waals surface area contributed by atoms with E-state index in [2.05, 4.69) is 30.6 Å². The largest absolute Gasteiger partial charge is 0.398 e. The highest BCUT2D eigenvalue weighted by Gasteiger charge is 2.25. The molecule has 0 radical (unpaired) electrons. The van der Waals surface area contributed by atoms with E-state index in [1.165, 1.54) is 0 Å². The minimum atomic E-state index is -0.0228. The Labute approximate surface area is 156 Å². The van der Waals surface area contributed by atoms with Crippen LogP contribution in [-0.4, -0.2) is 40.0 Å². The van der Waals surface area contributed by atoms with E-state index in [1.54, 1.807) is 26.4 Å². The average molecular weight is 363 g/mol. The van der Waals surface area contributed by atoms with Gasteiger partial charge in [-0.3, -0.25) is 9.79 Å². The van der Waals surface area contributed by atoms with Crippen LogP contribution < -0.4 is 16.4 Å². The molecule has 1 aliphatic rings. The van der Waals surface area contributed by atoms with Crippen LogP contribution in [0.25, 0.3) is 11.0 Å². The van der Waals surface area contributed by atoms with Crippen LogP contribution in [0.5, 0.6) is 0 Å². The molecule has 5 N–H and O–H groups in total. The lowest BCUT2D eigenvalue weighted by Crippen LogP contribution is -2.08. The zero-order chi connectivity index (χ0) is 19.0. The second-order valence-electron chi connectivity index (χ2n) is 6.65. The minimum absolute atomic E-state index is 0.0228. The lowest BCUT2D eigenvalue weighted by Gasteiger charge is -2.11. The second kappa shape index (κ2) is 6.71. The topological polar surface area (TPSA) is 121 Å². The van der Waals surface area contributed by atoms with Crippen LogP contribution in [-0.2, 0) is 0 Å². The van der Waals surface area contributed by atoms with Crippen molar-refractivity contribution in [1.82, 2.24) is 15.0 Å². The number of aliphatic imine (C=N–C) groups is 1. The lowest BCUT2D eigenvalue weighted by atomic mass is 10.1. The van der Waals surface area contributed by atoms with Crippen molar-refractivity contribution in [3.8, 4) is 0 Å². The molecule has 1 aromatic carbocycles. The molecule has 3 aromatic rings. The summed E-state index contributed by atoms with van der Waals surface area (Å²) >= 11 is 0. The number of nitrogens with one attached hydrogen (secondary N) is 3. The van der Waals surface area contributed by atoms with Crippen LogP contribution >= 0.6 is 0 Å². The fourth-order valence-corrected chi connectivity index (χ4v) is 2.93. The van der Waals surface area contributed by atoms with Crippen molar-refractivity contribution in [1.29, 1.82) is 0 Å². The van der Waals surface area contributed by atoms with Crippen molar-refractivity contribution in [2.75, 3.05) is 23.4 Å². The zero-order valence-electron chi connectivity index (χ0n) is 15.2. The Kier molecular flexibility index (Phi) is 4.23. The van der Waals surface area contributed by atoms with Crippen molar-refractivity contribution in [3.05, 3.63) is 35.5 Å². The predicted octanol–water partition coefficient (Wildman–Crippen LogP) is 3.11. The van der Waals surface area contributed by atoms with Gasteiger partial charge in [0.15, 0.2) is 5.78 Å². The number of nitrogens with zero attached hydrogens (tertiary/aromatic N) is 3. The fourth-order valence-electron chi connectivity index (χ4n) is 2.93. The number of benzene rings is 1. The van der Waals surface area contributed by atoms with Crippen molar-refractivity contribution in [3.63, 3.8) is 0 Å². The third-order valence-electron chi connectivity index (χ3n) is 4.44. The van der Waals surface area contributed by atoms with E-state index < -0.39 is 0 Å². The molecule has 1 fully saturated rings. The molecule has 1 aliphatic carbocycles. The Morgan fingerprint density at radius 2 is 2.19 bits per heavy atom. The second-order valence-corrected chi connectivity index (χ2v) is 6.65. The van der Waals surface area contributed by atoms with Crippen molar-refractivity contribution in [2.24, 2.45) is 4.99 Å². The quantitative estimate of drug-likeness (QED) is 0.303. The molecule has 0 unspecified atom stereocenters. The monoisotopic (exact) mass is 363 g/mol. The highest BCUT2D eigenvalue weighted by atomic mass is 16.1. The number of nitrogen functional groups attached to an aromatic ring is 1. The molecule has 0 aliphatic heterocycles. The summed E-state index contributed by atoms with van der Waals surface area (Å²) in [5.41, 5.74) is 9.51. The maximum atomic E-state index is 11.9. The van der Waals surface area contributed by atoms with E-state index in [0.29, 0.717) is 34.7 Å². The smallest absolute Gasteiger partial charge is 0.231 e. The fraction of sp³-hybridized carbons (Fsp3) is 0.263. The number of hydrogen-bond donors (Lipinski definition) is 4. The van der Waals surface area contributed by atoms with Gasteiger partial charge in [-0.15, -0.1) is 0 Å². The summed E-state index contributed by atoms with van der Waals surface area (Å²) in [4.78, 5) is 28.1. The van der Waals surface area contributed by atoms with E-state index in [4.69, 9.17) is 5.73 Å². The summed E-state index contributed by atoms with van der Waals surface area (Å²) in [6, 6.07) is 5.99. The predicted molar refractivity (Wildman–Crippen MR) is 108 cm³/mol. The first-order valence-electron chi connectivity index (χ1n) is 8.80. The Morgan fingerprint density at radius 1 is 1.37 bits per heavy atom. The van der Waals surface area contributed by atoms with Crippen LogP contribution in [0.15, 0.2) is 29.4 Å². The van der Waals surface area contributed by atoms with Crippen LogP contribution in [0.3, 0.4) is 0 Å². The van der Waals surface area contributed by atoms with Crippen molar-refractivity contribution < 1.29 is 4.79 Å². The van der Waals surface area contributed by atoms with Gasteiger partial charge in [-0.05, 0) is 38.0 Å². The Morgan fingerprint density at radius 3 is 2.85 bits per heavy atom. The first-order chi connectivity index (χ1) is 13.0. The molecule has 0 spiro atoms. The first kappa shape index (κ1) is 17.0. The molecule has 2 aromatic heterocycles. The van der Waals surface area contributed by atoms with E-state index in [0.717, 1.165) is 29.5 Å². The summed E-state index contributed by atoms with van der Waals surface area (Å²) < 4.78 is 0. The van der Waals surface area contributed by atoms with Gasteiger partial charge in [0.1, 0.15) is 11.5 Å². The third-order valence-corrected chi connectivity index (χ3v) is 4.44. The molecule has 0 amide bonds. The molecule has 138 valence electrons. The van der Waals surface area contributed by atoms with Crippen LogP contribution in [0.1, 0.15) is 35.7 Å². The summed E-state index contributed by atoms with van der Waals surface area (Å²) in [6.45, 7) is 1.54. The number of carbonyl (C=O) groups is 1. The van der Waals surface area contributed by atoms with Gasteiger partial charge in [-0.25, -0.2) is 0 Å². The number of H-pyrrole nitrogens is 1. The molecule has 4 rings (SSSR count). The normalized spacial score (nSPS) is 14.0. The lowest BCUT2D eigenvalue weighted by molar-refractivity contribution is 0.101. The minimum Gasteiger partial charge on any atom is -0.398 e. The number of nitrogens with two attached hydrogens (primary N) is 1. The number of aromatic amines is 1. The van der Waals surface area contributed by atoms with Crippen LogP contribution in [0.4, 0.5) is 23.1 Å². The molecular formula is C19H21N7O. The van der Waals surface area contributed by atoms with E-state index >= 15 is 0 Å². The summed E-state index contributed by atoms with van der Waals surface area (Å²) in [5.74, 6) is 1.07. The van der Waals surface area contributed by atoms with E-state index in [9.17, 15) is 4.79 Å². The summed E-state index contributed by atoms with van der Waals surface area (Å²) in [5, 5.41) is 7.32. The van der Waals surface area contributed by atoms with Gasteiger partial charge in [-0.2, -0.15) is 9.97 Å². The van der Waals surface area contributed by atoms with Crippen molar-refractivity contribution >= 4 is 46.2 Å². The molecule has 8 nitrogen and oxygen atoms in total. The van der Waals surface area contributed by atoms with Gasteiger partial charge in [0.25, 0.3) is 0 Å². The van der Waals surface area contributed by atoms with Crippen LogP contribution in [0, 0.1) is 0 Å². The number of rotatable bonds is 6. The number of aromatic nitrogens is 3. The molecule has 0 bridgehead atoms. The maximum Gasteiger partial charge on any atom is 0.231 e. The molecule has 8 heteroatoms. The molecule has 0 atom stereocenters.